The van der Waals surface area contributed by atoms with Crippen LogP contribution in [0.4, 0.5) is 9.18 Å². The van der Waals surface area contributed by atoms with Crippen LogP contribution in [0.15, 0.2) is 89.8 Å². The van der Waals surface area contributed by atoms with Crippen LogP contribution >= 0.6 is 0 Å². The van der Waals surface area contributed by atoms with Gasteiger partial charge in [-0.05, 0) is 47.7 Å². The van der Waals surface area contributed by atoms with Crippen molar-refractivity contribution >= 4 is 16.2 Å². The number of halogens is 1. The zero-order valence-electron chi connectivity index (χ0n) is 18.5. The van der Waals surface area contributed by atoms with E-state index in [9.17, 15) is 17.6 Å². The molecule has 1 saturated heterocycles. The number of rotatable bonds is 7. The van der Waals surface area contributed by atoms with Gasteiger partial charge in [0.05, 0.1) is 11.5 Å². The third-order valence-corrected chi connectivity index (χ3v) is 7.26. The number of nitrogens with zero attached hydrogens (tertiary/aromatic N) is 1. The first kappa shape index (κ1) is 23.9. The van der Waals surface area contributed by atoms with E-state index in [-0.39, 0.29) is 42.3 Å². The Morgan fingerprint density at radius 2 is 1.59 bits per heavy atom. The van der Waals surface area contributed by atoms with Gasteiger partial charge in [0.2, 0.25) is 0 Å². The summed E-state index contributed by atoms with van der Waals surface area (Å²) < 4.78 is 49.7. The fourth-order valence-electron chi connectivity index (χ4n) is 4.16. The zero-order chi connectivity index (χ0) is 24.0. The summed E-state index contributed by atoms with van der Waals surface area (Å²) in [6.07, 6.45) is 0.114. The molecular weight excluding hydrogens is 457 g/mol. The Morgan fingerprint density at radius 3 is 2.26 bits per heavy atom. The molecule has 0 radical (unpaired) electrons. The van der Waals surface area contributed by atoms with E-state index in [1.54, 1.807) is 35.2 Å². The largest absolute Gasteiger partial charge is 0.445 e. The van der Waals surface area contributed by atoms with E-state index in [0.29, 0.717) is 13.0 Å². The van der Waals surface area contributed by atoms with Crippen molar-refractivity contribution in [1.29, 1.82) is 0 Å². The average molecular weight is 484 g/mol. The topological polar surface area (TPSA) is 72.9 Å². The van der Waals surface area contributed by atoms with Gasteiger partial charge in [0.25, 0.3) is 10.1 Å². The number of likely N-dealkylation sites (tertiary alicyclic amines) is 1. The first-order valence-corrected chi connectivity index (χ1v) is 12.5. The van der Waals surface area contributed by atoms with Crippen LogP contribution in [0, 0.1) is 11.7 Å². The van der Waals surface area contributed by atoms with Crippen molar-refractivity contribution in [1.82, 2.24) is 4.90 Å². The number of piperidine rings is 1. The molecule has 0 unspecified atom stereocenters. The standard InChI is InChI=1S/C26H26FNO5S/c27-23-13-11-21(12-14-23)25-15-16-28(26(29)32-18-20-7-3-1-4-8-20)17-22(25)19-33-34(30,31)24-9-5-2-6-10-24/h1-14,22,25H,15-19H2/t22-,25-/m0/s1. The summed E-state index contributed by atoms with van der Waals surface area (Å²) in [7, 11) is -3.95. The summed E-state index contributed by atoms with van der Waals surface area (Å²) >= 11 is 0. The lowest BCUT2D eigenvalue weighted by atomic mass is 9.81. The third kappa shape index (κ3) is 6.01. The van der Waals surface area contributed by atoms with Crippen molar-refractivity contribution in [3.63, 3.8) is 0 Å². The second-order valence-corrected chi connectivity index (χ2v) is 9.86. The van der Waals surface area contributed by atoms with Crippen LogP contribution < -0.4 is 0 Å². The van der Waals surface area contributed by atoms with E-state index in [0.717, 1.165) is 11.1 Å². The molecule has 2 atom stereocenters. The van der Waals surface area contributed by atoms with Crippen LogP contribution in [0.2, 0.25) is 0 Å². The molecule has 6 nitrogen and oxygen atoms in total. The normalized spacial score (nSPS) is 18.4. The molecule has 3 aromatic carbocycles. The van der Waals surface area contributed by atoms with Crippen LogP contribution in [-0.4, -0.2) is 39.1 Å². The maximum absolute atomic E-state index is 13.5. The first-order chi connectivity index (χ1) is 16.4. The van der Waals surface area contributed by atoms with E-state index in [4.69, 9.17) is 8.92 Å². The van der Waals surface area contributed by atoms with Crippen molar-refractivity contribution in [3.8, 4) is 0 Å². The highest BCUT2D eigenvalue weighted by Crippen LogP contribution is 2.34. The molecule has 1 aliphatic heterocycles. The summed E-state index contributed by atoms with van der Waals surface area (Å²) in [5.74, 6) is -0.753. The van der Waals surface area contributed by atoms with Crippen molar-refractivity contribution in [2.45, 2.75) is 23.8 Å². The van der Waals surface area contributed by atoms with Crippen LogP contribution in [0.25, 0.3) is 0 Å². The summed E-state index contributed by atoms with van der Waals surface area (Å²) in [4.78, 5) is 14.4. The Balaban J connectivity index is 1.47. The second-order valence-electron chi connectivity index (χ2n) is 8.24. The van der Waals surface area contributed by atoms with Gasteiger partial charge in [-0.1, -0.05) is 60.7 Å². The number of hydrogen-bond donors (Lipinski definition) is 0. The van der Waals surface area contributed by atoms with E-state index in [1.807, 2.05) is 30.3 Å². The van der Waals surface area contributed by atoms with Crippen LogP contribution in [0.5, 0.6) is 0 Å². The Kier molecular flexibility index (Phi) is 7.59. The van der Waals surface area contributed by atoms with Crippen molar-refractivity contribution in [2.75, 3.05) is 19.7 Å². The monoisotopic (exact) mass is 483 g/mol. The molecule has 178 valence electrons. The SMILES string of the molecule is O=C(OCc1ccccc1)N1CC[C@@H](c2ccc(F)cc2)[C@H](COS(=O)(=O)c2ccccc2)C1. The number of carbonyl (C=O) groups is 1. The number of hydrogen-bond acceptors (Lipinski definition) is 5. The molecule has 3 aromatic rings. The zero-order valence-corrected chi connectivity index (χ0v) is 19.4. The van der Waals surface area contributed by atoms with Gasteiger partial charge in [-0.3, -0.25) is 4.18 Å². The highest BCUT2D eigenvalue weighted by molar-refractivity contribution is 7.86. The minimum absolute atomic E-state index is 0.0725. The molecule has 0 N–H and O–H groups in total. The summed E-state index contributed by atoms with van der Waals surface area (Å²) in [6, 6.07) is 23.5. The maximum Gasteiger partial charge on any atom is 0.410 e. The average Bonchev–Trinajstić information content (AvgIpc) is 2.87. The summed E-state index contributed by atoms with van der Waals surface area (Å²) in [5.41, 5.74) is 1.76. The lowest BCUT2D eigenvalue weighted by Crippen LogP contribution is -2.45. The maximum atomic E-state index is 13.5. The van der Waals surface area contributed by atoms with Crippen molar-refractivity contribution in [3.05, 3.63) is 102 Å². The second kappa shape index (κ2) is 10.8. The third-order valence-electron chi connectivity index (χ3n) is 5.96. The predicted octanol–water partition coefficient (Wildman–Crippen LogP) is 4.97. The Bertz CT molecular complexity index is 1190. The predicted molar refractivity (Wildman–Crippen MR) is 125 cm³/mol. The number of benzene rings is 3. The van der Waals surface area contributed by atoms with E-state index in [1.165, 1.54) is 24.3 Å². The fourth-order valence-corrected chi connectivity index (χ4v) is 5.14. The molecule has 1 aliphatic rings. The van der Waals surface area contributed by atoms with Crippen LogP contribution in [0.1, 0.15) is 23.5 Å². The molecule has 0 spiro atoms. The molecule has 8 heteroatoms. The first-order valence-electron chi connectivity index (χ1n) is 11.1. The molecule has 0 aromatic heterocycles. The highest BCUT2D eigenvalue weighted by Gasteiger charge is 2.34. The quantitative estimate of drug-likeness (QED) is 0.444. The lowest BCUT2D eigenvalue weighted by molar-refractivity contribution is 0.0650. The molecule has 0 bridgehead atoms. The summed E-state index contributed by atoms with van der Waals surface area (Å²) in [5, 5.41) is 0. The van der Waals surface area contributed by atoms with Crippen molar-refractivity contribution in [2.24, 2.45) is 5.92 Å². The van der Waals surface area contributed by atoms with E-state index in [2.05, 4.69) is 0 Å². The van der Waals surface area contributed by atoms with Gasteiger partial charge in [0.1, 0.15) is 12.4 Å². The minimum Gasteiger partial charge on any atom is -0.445 e. The minimum atomic E-state index is -3.95. The Hall–Kier alpha value is -3.23. The molecule has 1 amide bonds. The van der Waals surface area contributed by atoms with Gasteiger partial charge in [-0.15, -0.1) is 0 Å². The van der Waals surface area contributed by atoms with Gasteiger partial charge < -0.3 is 9.64 Å². The molecule has 34 heavy (non-hydrogen) atoms. The number of amides is 1. The smallest absolute Gasteiger partial charge is 0.410 e. The molecule has 1 fully saturated rings. The van der Waals surface area contributed by atoms with Crippen molar-refractivity contribution < 1.29 is 26.5 Å². The molecule has 1 heterocycles. The highest BCUT2D eigenvalue weighted by atomic mass is 32.2. The molecule has 0 saturated carbocycles. The lowest BCUT2D eigenvalue weighted by Gasteiger charge is -2.38. The fraction of sp³-hybridized carbons (Fsp3) is 0.269. The Morgan fingerprint density at radius 1 is 0.941 bits per heavy atom. The van der Waals surface area contributed by atoms with E-state index < -0.39 is 16.2 Å². The van der Waals surface area contributed by atoms with E-state index >= 15 is 0 Å². The molecule has 0 aliphatic carbocycles. The van der Waals surface area contributed by atoms with Crippen LogP contribution in [0.3, 0.4) is 0 Å². The van der Waals surface area contributed by atoms with Gasteiger partial charge in [-0.2, -0.15) is 8.42 Å². The number of carbonyl (C=O) groups excluding carboxylic acids is 1. The van der Waals surface area contributed by atoms with Crippen LogP contribution in [-0.2, 0) is 25.6 Å². The van der Waals surface area contributed by atoms with Gasteiger partial charge in [-0.25, -0.2) is 9.18 Å². The van der Waals surface area contributed by atoms with Gasteiger partial charge in [0.15, 0.2) is 0 Å². The number of ether oxygens (including phenoxy) is 1. The summed E-state index contributed by atoms with van der Waals surface area (Å²) in [6.45, 7) is 0.750. The van der Waals surface area contributed by atoms with Gasteiger partial charge in [0, 0.05) is 19.0 Å². The Labute approximate surface area is 199 Å². The van der Waals surface area contributed by atoms with Gasteiger partial charge >= 0.3 is 6.09 Å². The molecular formula is C26H26FNO5S. The molecule has 4 rings (SSSR count).